The van der Waals surface area contributed by atoms with Crippen molar-refractivity contribution >= 4 is 5.91 Å². The quantitative estimate of drug-likeness (QED) is 0.892. The number of carbonyl (C=O) groups excluding carboxylic acids is 1. The van der Waals surface area contributed by atoms with E-state index in [4.69, 9.17) is 4.74 Å². The van der Waals surface area contributed by atoms with Gasteiger partial charge in [0.2, 0.25) is 5.91 Å². The van der Waals surface area contributed by atoms with Crippen molar-refractivity contribution in [2.24, 2.45) is 0 Å². The highest BCUT2D eigenvalue weighted by Crippen LogP contribution is 2.37. The van der Waals surface area contributed by atoms with E-state index in [1.165, 1.54) is 12.8 Å². The Labute approximate surface area is 112 Å². The minimum absolute atomic E-state index is 0.0280. The second-order valence-electron chi connectivity index (χ2n) is 5.68. The van der Waals surface area contributed by atoms with Crippen LogP contribution in [-0.4, -0.2) is 36.0 Å². The summed E-state index contributed by atoms with van der Waals surface area (Å²) in [6.07, 6.45) is 3.37. The number of hydrogen-bond acceptors (Lipinski definition) is 3. The molecule has 0 bridgehead atoms. The lowest BCUT2D eigenvalue weighted by molar-refractivity contribution is -0.131. The van der Waals surface area contributed by atoms with E-state index in [0.717, 1.165) is 24.3 Å². The molecule has 1 saturated heterocycles. The fraction of sp³-hybridized carbons (Fsp3) is 0.533. The van der Waals surface area contributed by atoms with Crippen LogP contribution >= 0.6 is 0 Å². The van der Waals surface area contributed by atoms with Crippen molar-refractivity contribution in [1.29, 1.82) is 0 Å². The van der Waals surface area contributed by atoms with Crippen LogP contribution in [0, 0.1) is 0 Å². The van der Waals surface area contributed by atoms with Gasteiger partial charge in [-0.05, 0) is 25.3 Å². The first kappa shape index (κ1) is 11.3. The standard InChI is InChI=1S/C15H18N2O2/c18-15-12(16-10-5-6-10)7-8-17(15)13-9-19-14-4-2-1-3-11(13)14/h1-4,10,12-13,16H,5-9H2. The Morgan fingerprint density at radius 1 is 1.21 bits per heavy atom. The lowest BCUT2D eigenvalue weighted by Gasteiger charge is -2.23. The largest absolute Gasteiger partial charge is 0.491 e. The Hall–Kier alpha value is -1.55. The van der Waals surface area contributed by atoms with Gasteiger partial charge < -0.3 is 15.0 Å². The molecule has 19 heavy (non-hydrogen) atoms. The Bertz CT molecular complexity index is 513. The minimum Gasteiger partial charge on any atom is -0.491 e. The highest BCUT2D eigenvalue weighted by atomic mass is 16.5. The maximum atomic E-state index is 12.5. The minimum atomic E-state index is 0.0280. The Kier molecular flexibility index (Phi) is 2.52. The molecule has 1 saturated carbocycles. The average molecular weight is 258 g/mol. The van der Waals surface area contributed by atoms with Gasteiger partial charge in [-0.15, -0.1) is 0 Å². The molecule has 1 aromatic rings. The lowest BCUT2D eigenvalue weighted by atomic mass is 10.1. The van der Waals surface area contributed by atoms with Crippen LogP contribution in [0.4, 0.5) is 0 Å². The fourth-order valence-corrected chi connectivity index (χ4v) is 3.10. The normalized spacial score (nSPS) is 29.5. The maximum absolute atomic E-state index is 12.5. The number of carbonyl (C=O) groups is 1. The molecule has 1 N–H and O–H groups in total. The summed E-state index contributed by atoms with van der Waals surface area (Å²) >= 11 is 0. The first-order valence-corrected chi connectivity index (χ1v) is 7.11. The second-order valence-corrected chi connectivity index (χ2v) is 5.68. The van der Waals surface area contributed by atoms with Crippen LogP contribution in [0.1, 0.15) is 30.9 Å². The van der Waals surface area contributed by atoms with Crippen LogP contribution in [0.3, 0.4) is 0 Å². The van der Waals surface area contributed by atoms with E-state index < -0.39 is 0 Å². The van der Waals surface area contributed by atoms with Gasteiger partial charge in [-0.25, -0.2) is 0 Å². The smallest absolute Gasteiger partial charge is 0.240 e. The number of likely N-dealkylation sites (tertiary alicyclic amines) is 1. The molecule has 2 atom stereocenters. The highest BCUT2D eigenvalue weighted by molar-refractivity contribution is 5.84. The van der Waals surface area contributed by atoms with Gasteiger partial charge in [0.1, 0.15) is 12.4 Å². The molecule has 2 aliphatic heterocycles. The number of nitrogens with zero attached hydrogens (tertiary/aromatic N) is 1. The summed E-state index contributed by atoms with van der Waals surface area (Å²) < 4.78 is 5.69. The number of benzene rings is 1. The van der Waals surface area contributed by atoms with Gasteiger partial charge in [0.05, 0.1) is 12.1 Å². The summed E-state index contributed by atoms with van der Waals surface area (Å²) in [5.41, 5.74) is 1.16. The van der Waals surface area contributed by atoms with Crippen LogP contribution in [0.25, 0.3) is 0 Å². The van der Waals surface area contributed by atoms with Crippen LogP contribution < -0.4 is 10.1 Å². The van der Waals surface area contributed by atoms with Crippen LogP contribution in [0.2, 0.25) is 0 Å². The van der Waals surface area contributed by atoms with Crippen molar-refractivity contribution in [3.63, 3.8) is 0 Å². The topological polar surface area (TPSA) is 41.6 Å². The number of hydrogen-bond donors (Lipinski definition) is 1. The van der Waals surface area contributed by atoms with Gasteiger partial charge >= 0.3 is 0 Å². The molecule has 1 aromatic carbocycles. The molecule has 2 heterocycles. The van der Waals surface area contributed by atoms with E-state index in [9.17, 15) is 4.79 Å². The van der Waals surface area contributed by atoms with Gasteiger partial charge in [-0.2, -0.15) is 0 Å². The predicted octanol–water partition coefficient (Wildman–Crippen LogP) is 1.47. The number of rotatable bonds is 3. The van der Waals surface area contributed by atoms with Crippen molar-refractivity contribution in [3.8, 4) is 5.75 Å². The molecule has 0 spiro atoms. The van der Waals surface area contributed by atoms with Crippen LogP contribution in [0.15, 0.2) is 24.3 Å². The third-order valence-corrected chi connectivity index (χ3v) is 4.31. The summed E-state index contributed by atoms with van der Waals surface area (Å²) in [7, 11) is 0. The Morgan fingerprint density at radius 2 is 2.05 bits per heavy atom. The van der Waals surface area contributed by atoms with Gasteiger partial charge in [-0.1, -0.05) is 18.2 Å². The predicted molar refractivity (Wildman–Crippen MR) is 71.0 cm³/mol. The third kappa shape index (κ3) is 1.91. The number of para-hydroxylation sites is 1. The van der Waals surface area contributed by atoms with E-state index in [2.05, 4.69) is 11.4 Å². The zero-order valence-electron chi connectivity index (χ0n) is 10.8. The number of amides is 1. The van der Waals surface area contributed by atoms with E-state index in [0.29, 0.717) is 12.6 Å². The van der Waals surface area contributed by atoms with Crippen LogP contribution in [0.5, 0.6) is 5.75 Å². The SMILES string of the molecule is O=C1C(NC2CC2)CCN1C1COc2ccccc21. The monoisotopic (exact) mass is 258 g/mol. The summed E-state index contributed by atoms with van der Waals surface area (Å²) in [4.78, 5) is 14.5. The molecule has 0 aromatic heterocycles. The average Bonchev–Trinajstić information content (AvgIpc) is 3.04. The number of fused-ring (bicyclic) bond motifs is 1. The van der Waals surface area contributed by atoms with E-state index >= 15 is 0 Å². The molecule has 100 valence electrons. The Balaban J connectivity index is 1.53. The molecule has 2 unspecified atom stereocenters. The Morgan fingerprint density at radius 3 is 2.89 bits per heavy atom. The van der Waals surface area contributed by atoms with E-state index in [-0.39, 0.29) is 18.0 Å². The molecule has 3 aliphatic rings. The molecule has 1 amide bonds. The zero-order chi connectivity index (χ0) is 12.8. The van der Waals surface area contributed by atoms with Crippen molar-refractivity contribution in [2.45, 2.75) is 37.4 Å². The van der Waals surface area contributed by atoms with Crippen molar-refractivity contribution < 1.29 is 9.53 Å². The molecule has 4 nitrogen and oxygen atoms in total. The van der Waals surface area contributed by atoms with Gasteiger partial charge in [-0.3, -0.25) is 4.79 Å². The number of nitrogens with one attached hydrogen (secondary N) is 1. The second kappa shape index (κ2) is 4.23. The number of ether oxygens (including phenoxy) is 1. The summed E-state index contributed by atoms with van der Waals surface area (Å²) in [5, 5.41) is 3.45. The lowest BCUT2D eigenvalue weighted by Crippen LogP contribution is -2.41. The van der Waals surface area contributed by atoms with Gasteiger partial charge in [0, 0.05) is 18.2 Å². The molecule has 4 rings (SSSR count). The molecular weight excluding hydrogens is 240 g/mol. The third-order valence-electron chi connectivity index (χ3n) is 4.31. The highest BCUT2D eigenvalue weighted by Gasteiger charge is 2.41. The van der Waals surface area contributed by atoms with Crippen molar-refractivity contribution in [1.82, 2.24) is 10.2 Å². The summed E-state index contributed by atoms with van der Waals surface area (Å²) in [6, 6.07) is 8.76. The molecule has 0 radical (unpaired) electrons. The molecule has 2 fully saturated rings. The maximum Gasteiger partial charge on any atom is 0.240 e. The van der Waals surface area contributed by atoms with E-state index in [1.807, 2.05) is 23.1 Å². The van der Waals surface area contributed by atoms with Gasteiger partial charge in [0.15, 0.2) is 0 Å². The van der Waals surface area contributed by atoms with Crippen LogP contribution in [-0.2, 0) is 4.79 Å². The first-order chi connectivity index (χ1) is 9.33. The van der Waals surface area contributed by atoms with Crippen molar-refractivity contribution in [2.75, 3.05) is 13.2 Å². The van der Waals surface area contributed by atoms with Crippen molar-refractivity contribution in [3.05, 3.63) is 29.8 Å². The van der Waals surface area contributed by atoms with Gasteiger partial charge in [0.25, 0.3) is 0 Å². The molecule has 1 aliphatic carbocycles. The zero-order valence-corrected chi connectivity index (χ0v) is 10.8. The molecule has 4 heteroatoms. The van der Waals surface area contributed by atoms with E-state index in [1.54, 1.807) is 0 Å². The molecular formula is C15H18N2O2. The fourth-order valence-electron chi connectivity index (χ4n) is 3.10. The summed E-state index contributed by atoms with van der Waals surface area (Å²) in [6.45, 7) is 1.44. The summed E-state index contributed by atoms with van der Waals surface area (Å²) in [5.74, 6) is 1.18. The first-order valence-electron chi connectivity index (χ1n) is 7.11.